The molecule has 2 aromatic rings. The summed E-state index contributed by atoms with van der Waals surface area (Å²) in [6, 6.07) is 7.88. The van der Waals surface area contributed by atoms with Crippen LogP contribution in [0.3, 0.4) is 0 Å². The first kappa shape index (κ1) is 11.3. The highest BCUT2D eigenvalue weighted by atomic mass is 32.2. The topological polar surface area (TPSA) is 45.8 Å². The summed E-state index contributed by atoms with van der Waals surface area (Å²) >= 11 is 0. The molecule has 4 heteroatoms. The van der Waals surface area contributed by atoms with Crippen LogP contribution in [0.2, 0.25) is 0 Å². The van der Waals surface area contributed by atoms with Crippen LogP contribution in [-0.4, -0.2) is 19.9 Å². The van der Waals surface area contributed by atoms with Gasteiger partial charge in [0.15, 0.2) is 0 Å². The zero-order valence-electron chi connectivity index (χ0n) is 9.40. The third kappa shape index (κ3) is 2.70. The van der Waals surface area contributed by atoms with Gasteiger partial charge in [0.1, 0.15) is 5.82 Å². The van der Waals surface area contributed by atoms with E-state index in [4.69, 9.17) is 0 Å². The predicted molar refractivity (Wildman–Crippen MR) is 67.7 cm³/mol. The highest BCUT2D eigenvalue weighted by Crippen LogP contribution is 2.11. The van der Waals surface area contributed by atoms with Crippen LogP contribution >= 0.6 is 0 Å². The van der Waals surface area contributed by atoms with Gasteiger partial charge in [-0.25, -0.2) is 4.98 Å². The molecule has 1 unspecified atom stereocenters. The molecule has 1 N–H and O–H groups in total. The standard InChI is InChI=1S/C12H16N2OS/c1-2-3-8-16(15)9-12-13-10-6-4-5-7-11(10)14-12/h4-7H,2-3,8-9H2,1H3,(H,13,14). The van der Waals surface area contributed by atoms with Crippen molar-refractivity contribution in [2.75, 3.05) is 5.75 Å². The molecule has 0 spiro atoms. The smallest absolute Gasteiger partial charge is 0.119 e. The molecule has 3 nitrogen and oxygen atoms in total. The average molecular weight is 236 g/mol. The van der Waals surface area contributed by atoms with Crippen LogP contribution in [0, 0.1) is 0 Å². The number of aromatic nitrogens is 2. The number of nitrogens with zero attached hydrogens (tertiary/aromatic N) is 1. The fourth-order valence-corrected chi connectivity index (χ4v) is 2.80. The minimum atomic E-state index is -0.791. The second-order valence-corrected chi connectivity index (χ2v) is 5.42. The highest BCUT2D eigenvalue weighted by molar-refractivity contribution is 7.84. The van der Waals surface area contributed by atoms with E-state index in [1.165, 1.54) is 0 Å². The molecule has 0 aliphatic carbocycles. The molecule has 0 aliphatic heterocycles. The number of fused-ring (bicyclic) bond motifs is 1. The second kappa shape index (κ2) is 5.25. The monoisotopic (exact) mass is 236 g/mol. The van der Waals surface area contributed by atoms with Crippen molar-refractivity contribution in [3.63, 3.8) is 0 Å². The van der Waals surface area contributed by atoms with Gasteiger partial charge in [0.05, 0.1) is 16.8 Å². The van der Waals surface area contributed by atoms with Gasteiger partial charge in [-0.2, -0.15) is 0 Å². The predicted octanol–water partition coefficient (Wildman–Crippen LogP) is 2.61. The van der Waals surface area contributed by atoms with Gasteiger partial charge in [0.2, 0.25) is 0 Å². The first-order valence-corrected chi connectivity index (χ1v) is 7.07. The fraction of sp³-hybridized carbons (Fsp3) is 0.417. The normalized spacial score (nSPS) is 13.1. The van der Waals surface area contributed by atoms with Crippen molar-refractivity contribution < 1.29 is 4.21 Å². The van der Waals surface area contributed by atoms with Gasteiger partial charge >= 0.3 is 0 Å². The van der Waals surface area contributed by atoms with Crippen molar-refractivity contribution in [2.45, 2.75) is 25.5 Å². The summed E-state index contributed by atoms with van der Waals surface area (Å²) in [7, 11) is -0.791. The number of rotatable bonds is 5. The van der Waals surface area contributed by atoms with Crippen molar-refractivity contribution >= 4 is 21.8 Å². The Hall–Kier alpha value is -1.16. The summed E-state index contributed by atoms with van der Waals surface area (Å²) in [5, 5.41) is 0. The van der Waals surface area contributed by atoms with Gasteiger partial charge in [0, 0.05) is 16.6 Å². The van der Waals surface area contributed by atoms with Crippen LogP contribution in [0.1, 0.15) is 25.6 Å². The molecule has 0 bridgehead atoms. The van der Waals surface area contributed by atoms with Crippen LogP contribution in [0.5, 0.6) is 0 Å². The minimum absolute atomic E-state index is 0.536. The van der Waals surface area contributed by atoms with Gasteiger partial charge < -0.3 is 4.98 Å². The number of aromatic amines is 1. The Morgan fingerprint density at radius 2 is 2.19 bits per heavy atom. The Morgan fingerprint density at radius 3 is 2.94 bits per heavy atom. The Labute approximate surface area is 97.7 Å². The van der Waals surface area contributed by atoms with E-state index in [1.54, 1.807) is 0 Å². The zero-order chi connectivity index (χ0) is 11.4. The molecule has 1 aromatic heterocycles. The maximum atomic E-state index is 11.7. The fourth-order valence-electron chi connectivity index (χ4n) is 1.60. The molecule has 0 amide bonds. The molecule has 0 saturated carbocycles. The first-order valence-electron chi connectivity index (χ1n) is 5.58. The summed E-state index contributed by atoms with van der Waals surface area (Å²) in [5.41, 5.74) is 1.97. The third-order valence-electron chi connectivity index (χ3n) is 2.46. The second-order valence-electron chi connectivity index (χ2n) is 3.84. The largest absolute Gasteiger partial charge is 0.341 e. The Kier molecular flexibility index (Phi) is 3.72. The van der Waals surface area contributed by atoms with Crippen LogP contribution in [0.25, 0.3) is 11.0 Å². The molecule has 1 heterocycles. The van der Waals surface area contributed by atoms with Crippen molar-refractivity contribution in [3.8, 4) is 0 Å². The quantitative estimate of drug-likeness (QED) is 0.867. The molecule has 1 aromatic carbocycles. The van der Waals surface area contributed by atoms with Crippen molar-refractivity contribution in [3.05, 3.63) is 30.1 Å². The lowest BCUT2D eigenvalue weighted by Crippen LogP contribution is -2.01. The van der Waals surface area contributed by atoms with E-state index in [-0.39, 0.29) is 0 Å². The maximum absolute atomic E-state index is 11.7. The molecular weight excluding hydrogens is 220 g/mol. The maximum Gasteiger partial charge on any atom is 0.119 e. The molecule has 0 aliphatic rings. The van der Waals surface area contributed by atoms with Gasteiger partial charge in [-0.15, -0.1) is 0 Å². The van der Waals surface area contributed by atoms with Crippen molar-refractivity contribution in [2.24, 2.45) is 0 Å². The lowest BCUT2D eigenvalue weighted by atomic mass is 10.3. The Balaban J connectivity index is 2.07. The summed E-state index contributed by atoms with van der Waals surface area (Å²) in [6.45, 7) is 2.11. The molecule has 86 valence electrons. The van der Waals surface area contributed by atoms with Crippen LogP contribution in [0.4, 0.5) is 0 Å². The zero-order valence-corrected chi connectivity index (χ0v) is 10.2. The van der Waals surface area contributed by atoms with E-state index < -0.39 is 10.8 Å². The highest BCUT2D eigenvalue weighted by Gasteiger charge is 2.06. The van der Waals surface area contributed by atoms with E-state index in [9.17, 15) is 4.21 Å². The van der Waals surface area contributed by atoms with Crippen molar-refractivity contribution in [1.82, 2.24) is 9.97 Å². The van der Waals surface area contributed by atoms with Crippen molar-refractivity contribution in [1.29, 1.82) is 0 Å². The average Bonchev–Trinajstić information content (AvgIpc) is 2.68. The van der Waals surface area contributed by atoms with Gasteiger partial charge in [0.25, 0.3) is 0 Å². The number of nitrogens with one attached hydrogen (secondary N) is 1. The molecular formula is C12H16N2OS. The Morgan fingerprint density at radius 1 is 1.38 bits per heavy atom. The number of hydrogen-bond acceptors (Lipinski definition) is 2. The SMILES string of the molecule is CCCCS(=O)Cc1nc2ccccc2[nH]1. The number of unbranched alkanes of at least 4 members (excludes halogenated alkanes) is 1. The summed E-state index contributed by atoms with van der Waals surface area (Å²) in [6.07, 6.45) is 2.11. The number of benzene rings is 1. The lowest BCUT2D eigenvalue weighted by Gasteiger charge is -1.97. The van der Waals surface area contributed by atoms with Crippen LogP contribution in [-0.2, 0) is 16.6 Å². The molecule has 2 rings (SSSR count). The van der Waals surface area contributed by atoms with E-state index >= 15 is 0 Å². The Bertz CT molecular complexity index is 459. The lowest BCUT2D eigenvalue weighted by molar-refractivity contribution is 0.678. The van der Waals surface area contributed by atoms with E-state index in [0.717, 1.165) is 35.5 Å². The van der Waals surface area contributed by atoms with Gasteiger partial charge in [-0.1, -0.05) is 25.5 Å². The molecule has 0 saturated heterocycles. The minimum Gasteiger partial charge on any atom is -0.341 e. The number of hydrogen-bond donors (Lipinski definition) is 1. The molecule has 16 heavy (non-hydrogen) atoms. The van der Waals surface area contributed by atoms with E-state index in [1.807, 2.05) is 24.3 Å². The van der Waals surface area contributed by atoms with Gasteiger partial charge in [-0.05, 0) is 18.6 Å². The van der Waals surface area contributed by atoms with Gasteiger partial charge in [-0.3, -0.25) is 4.21 Å². The van der Waals surface area contributed by atoms with Crippen LogP contribution < -0.4 is 0 Å². The molecule has 1 atom stereocenters. The summed E-state index contributed by atoms with van der Waals surface area (Å²) < 4.78 is 11.7. The number of para-hydroxylation sites is 2. The van der Waals surface area contributed by atoms with E-state index in [0.29, 0.717) is 5.75 Å². The third-order valence-corrected chi connectivity index (χ3v) is 3.80. The van der Waals surface area contributed by atoms with Crippen LogP contribution in [0.15, 0.2) is 24.3 Å². The number of H-pyrrole nitrogens is 1. The molecule has 0 fully saturated rings. The molecule has 0 radical (unpaired) electrons. The first-order chi connectivity index (χ1) is 7.79. The van der Waals surface area contributed by atoms with E-state index in [2.05, 4.69) is 16.9 Å². The summed E-state index contributed by atoms with van der Waals surface area (Å²) in [4.78, 5) is 7.61. The number of imidazole rings is 1. The summed E-state index contributed by atoms with van der Waals surface area (Å²) in [5.74, 6) is 2.14.